The predicted octanol–water partition coefficient (Wildman–Crippen LogP) is 6.33. The van der Waals surface area contributed by atoms with Gasteiger partial charge in [0.1, 0.15) is 0 Å². The van der Waals surface area contributed by atoms with Gasteiger partial charge < -0.3 is 0 Å². The number of alkyl halides is 3. The van der Waals surface area contributed by atoms with Gasteiger partial charge in [-0.1, -0.05) is 0 Å². The molecule has 0 N–H and O–H groups in total. The second-order valence-electron chi connectivity index (χ2n) is 12.2. The molecule has 45 heavy (non-hydrogen) atoms. The summed E-state index contributed by atoms with van der Waals surface area (Å²) in [5.74, 6) is -4.31. The van der Waals surface area contributed by atoms with Crippen LogP contribution in [0.5, 0.6) is 0 Å². The molecule has 8 rings (SSSR count). The van der Waals surface area contributed by atoms with Crippen molar-refractivity contribution >= 4 is 62.7 Å². The number of aromatic nitrogens is 1. The summed E-state index contributed by atoms with van der Waals surface area (Å²) in [6.07, 6.45) is 1.03. The third-order valence-electron chi connectivity index (χ3n) is 9.67. The van der Waals surface area contributed by atoms with Crippen LogP contribution in [0.2, 0.25) is 0 Å². The summed E-state index contributed by atoms with van der Waals surface area (Å²) < 4.78 is 49.1. The van der Waals surface area contributed by atoms with E-state index >= 15 is 0 Å². The SMILES string of the molecule is C=I12C[N+]1(C1CC(F)(F)C1)C(=O)[C@@H](N(C(=O)[C@@H]1CCC(=O)N1c1nccc3ccccc13)c1cccc(F)c1)c1ccccc12. The van der Waals surface area contributed by atoms with Gasteiger partial charge in [-0.15, -0.1) is 0 Å². The van der Waals surface area contributed by atoms with Gasteiger partial charge in [0.25, 0.3) is 0 Å². The number of halogens is 4. The summed E-state index contributed by atoms with van der Waals surface area (Å²) in [6, 6.07) is 19.2. The standard InChI is InChI=1S/C34H29F3IN4O3/c1-38-20-42(38,24-18-34(36,37)19-24)33(45)30(26-11-4-5-12-27(26)38)40(23-9-6-8-22(35)17-23)32(44)28-13-14-29(43)41(28)31-25-10-3-2-7-21(25)15-16-39-31/h2-12,15-17,24,28,30H,1,13-14,18-20H2/q+1/t28-,30-,42?/m0/s1. The monoisotopic (exact) mass is 725 g/mol. The van der Waals surface area contributed by atoms with Gasteiger partial charge in [-0.3, -0.25) is 0 Å². The average Bonchev–Trinajstić information content (AvgIpc) is 3.51. The van der Waals surface area contributed by atoms with Crippen molar-refractivity contribution in [3.8, 4) is 0 Å². The number of quaternary nitrogens is 1. The van der Waals surface area contributed by atoms with Crippen molar-refractivity contribution < 1.29 is 30.3 Å². The quantitative estimate of drug-likeness (QED) is 0.0794. The summed E-state index contributed by atoms with van der Waals surface area (Å²) in [7, 11) is 0. The Labute approximate surface area is 261 Å². The second-order valence-corrected chi connectivity index (χ2v) is 20.2. The number of carbonyl (C=O) groups is 3. The van der Waals surface area contributed by atoms with Crippen LogP contribution < -0.4 is 9.80 Å². The van der Waals surface area contributed by atoms with E-state index in [-0.39, 0.29) is 33.0 Å². The molecule has 0 radical (unpaired) electrons. The van der Waals surface area contributed by atoms with E-state index in [0.717, 1.165) is 8.96 Å². The molecule has 0 spiro atoms. The fourth-order valence-electron chi connectivity index (χ4n) is 7.45. The van der Waals surface area contributed by atoms with E-state index in [1.807, 2.05) is 42.5 Å². The molecular formula is C34H29F3IN4O3+. The molecule has 230 valence electrons. The number of pyridine rings is 1. The predicted molar refractivity (Wildman–Crippen MR) is 173 cm³/mol. The number of rotatable bonds is 5. The number of hydrogen-bond donors (Lipinski definition) is 0. The summed E-state index contributed by atoms with van der Waals surface area (Å²) in [5, 5.41) is 1.54. The Morgan fingerprint density at radius 2 is 1.78 bits per heavy atom. The van der Waals surface area contributed by atoms with E-state index in [2.05, 4.69) is 9.50 Å². The average molecular weight is 726 g/mol. The molecule has 4 aromatic rings. The van der Waals surface area contributed by atoms with Crippen molar-refractivity contribution in [2.45, 2.75) is 49.7 Å². The molecule has 7 nitrogen and oxygen atoms in total. The van der Waals surface area contributed by atoms with Gasteiger partial charge in [0.05, 0.1) is 0 Å². The minimum atomic E-state index is -3.36. The van der Waals surface area contributed by atoms with E-state index in [9.17, 15) is 27.6 Å². The van der Waals surface area contributed by atoms with Crippen molar-refractivity contribution in [1.82, 2.24) is 4.98 Å². The van der Waals surface area contributed by atoms with Gasteiger partial charge in [-0.05, 0) is 0 Å². The Hall–Kier alpha value is -3.97. The van der Waals surface area contributed by atoms with Crippen LogP contribution in [0.25, 0.3) is 10.8 Å². The number of anilines is 2. The van der Waals surface area contributed by atoms with Gasteiger partial charge in [0.2, 0.25) is 0 Å². The first-order valence-electron chi connectivity index (χ1n) is 14.8. The van der Waals surface area contributed by atoms with Crippen LogP contribution in [0.15, 0.2) is 85.1 Å². The topological polar surface area (TPSA) is 70.6 Å². The zero-order chi connectivity index (χ0) is 31.3. The molecule has 11 heteroatoms. The summed E-state index contributed by atoms with van der Waals surface area (Å²) in [4.78, 5) is 50.5. The second kappa shape index (κ2) is 9.76. The molecule has 1 aromatic heterocycles. The fourth-order valence-corrected chi connectivity index (χ4v) is 18.8. The van der Waals surface area contributed by atoms with Crippen molar-refractivity contribution in [2.24, 2.45) is 0 Å². The van der Waals surface area contributed by atoms with E-state index in [0.29, 0.717) is 21.3 Å². The van der Waals surface area contributed by atoms with Crippen molar-refractivity contribution in [2.75, 3.05) is 14.4 Å². The summed E-state index contributed by atoms with van der Waals surface area (Å²) >= 11 is -3.36. The zero-order valence-corrected chi connectivity index (χ0v) is 26.2. The third-order valence-corrected chi connectivity index (χ3v) is 19.1. The minimum absolute atomic E-state index is 0.0849. The van der Waals surface area contributed by atoms with Crippen LogP contribution in [-0.4, -0.2) is 52.5 Å². The Morgan fingerprint density at radius 1 is 1.02 bits per heavy atom. The molecule has 2 unspecified atom stereocenters. The molecule has 2 saturated heterocycles. The molecule has 1 saturated carbocycles. The maximum absolute atomic E-state index is 14.9. The Kier molecular flexibility index (Phi) is 6.18. The Morgan fingerprint density at radius 3 is 2.56 bits per heavy atom. The number of benzene rings is 3. The van der Waals surface area contributed by atoms with Crippen LogP contribution in [0, 0.1) is 9.39 Å². The van der Waals surface area contributed by atoms with Crippen LogP contribution in [0.1, 0.15) is 37.3 Å². The molecule has 0 bridgehead atoms. The van der Waals surface area contributed by atoms with Crippen LogP contribution >= 0.6 is 18.2 Å². The first kappa shape index (κ1) is 28.5. The van der Waals surface area contributed by atoms with Gasteiger partial charge in [-0.25, -0.2) is 0 Å². The van der Waals surface area contributed by atoms with E-state index in [1.165, 1.54) is 28.0 Å². The Balaban J connectivity index is 1.29. The van der Waals surface area contributed by atoms with Gasteiger partial charge in [0, 0.05) is 0 Å². The maximum atomic E-state index is 14.9. The number of fused-ring (bicyclic) bond motifs is 4. The van der Waals surface area contributed by atoms with Gasteiger partial charge >= 0.3 is 262 Å². The molecule has 3 amide bonds. The first-order valence-corrected chi connectivity index (χ1v) is 19.9. The molecule has 4 aliphatic rings. The van der Waals surface area contributed by atoms with Crippen LogP contribution in [0.4, 0.5) is 24.7 Å². The fraction of sp³-hybridized carbons (Fsp3) is 0.265. The van der Waals surface area contributed by atoms with E-state index in [4.69, 9.17) is 0 Å². The van der Waals surface area contributed by atoms with Gasteiger partial charge in [-0.2, -0.15) is 0 Å². The molecule has 3 fully saturated rings. The Bertz CT molecular complexity index is 1990. The zero-order valence-electron chi connectivity index (χ0n) is 24.1. The van der Waals surface area contributed by atoms with Crippen LogP contribution in [0.3, 0.4) is 0 Å². The number of nitrogens with zero attached hydrogens (tertiary/aromatic N) is 4. The molecular weight excluding hydrogens is 696 g/mol. The molecule has 3 aliphatic heterocycles. The molecule has 4 heterocycles. The summed E-state index contributed by atoms with van der Waals surface area (Å²) in [6.45, 7) is 0. The number of amides is 3. The van der Waals surface area contributed by atoms with Crippen molar-refractivity contribution in [3.05, 3.63) is 100 Å². The molecule has 3 aromatic carbocycles. The molecule has 4 atom stereocenters. The normalized spacial score (nSPS) is 29.8. The first-order chi connectivity index (χ1) is 21.6. The van der Waals surface area contributed by atoms with Gasteiger partial charge in [0.15, 0.2) is 0 Å². The van der Waals surface area contributed by atoms with Crippen molar-refractivity contribution in [3.63, 3.8) is 0 Å². The summed E-state index contributed by atoms with van der Waals surface area (Å²) in [5.41, 5.74) is 0.753. The van der Waals surface area contributed by atoms with E-state index in [1.54, 1.807) is 24.4 Å². The van der Waals surface area contributed by atoms with E-state index < -0.39 is 66.8 Å². The number of hydrogen-bond acceptors (Lipinski definition) is 4. The molecule has 1 aliphatic carbocycles. The third kappa shape index (κ3) is 4.02. The number of carbonyl (C=O) groups excluding carboxylic acids is 3. The van der Waals surface area contributed by atoms with Crippen molar-refractivity contribution in [1.29, 1.82) is 0 Å². The van der Waals surface area contributed by atoms with Crippen LogP contribution in [-0.2, 0) is 14.4 Å².